The lowest BCUT2D eigenvalue weighted by Crippen LogP contribution is -2.49. The molecule has 6 rings (SSSR count). The number of rotatable bonds is 10. The summed E-state index contributed by atoms with van der Waals surface area (Å²) in [6.45, 7) is 10.3. The van der Waals surface area contributed by atoms with Crippen LogP contribution in [0, 0.1) is 18.3 Å². The number of hydrogen-bond acceptors (Lipinski definition) is 10. The number of benzene rings is 2. The van der Waals surface area contributed by atoms with Crippen molar-refractivity contribution in [2.45, 2.75) is 45.4 Å². The lowest BCUT2D eigenvalue weighted by Gasteiger charge is -2.40. The van der Waals surface area contributed by atoms with E-state index < -0.39 is 0 Å². The minimum Gasteiger partial charge on any atom is -0.494 e. The van der Waals surface area contributed by atoms with Gasteiger partial charge in [0.1, 0.15) is 23.7 Å². The van der Waals surface area contributed by atoms with Crippen LogP contribution in [0.2, 0.25) is 0 Å². The number of nitriles is 1. The highest BCUT2D eigenvalue weighted by atomic mass is 16.5. The Balaban J connectivity index is 1.09. The molecule has 0 aliphatic carbocycles. The zero-order valence-electron chi connectivity index (χ0n) is 26.1. The van der Waals surface area contributed by atoms with E-state index in [0.29, 0.717) is 29.8 Å². The lowest BCUT2D eigenvalue weighted by atomic mass is 10.0. The molecule has 4 heterocycles. The molecular weight excluding hydrogens is 568 g/mol. The molecule has 0 spiro atoms. The lowest BCUT2D eigenvalue weighted by molar-refractivity contribution is 0.0115. The summed E-state index contributed by atoms with van der Waals surface area (Å²) in [5, 5.41) is 17.3. The van der Waals surface area contributed by atoms with Crippen LogP contribution in [0.4, 0.5) is 17.3 Å². The maximum absolute atomic E-state index is 9.66. The summed E-state index contributed by atoms with van der Waals surface area (Å²) in [5.41, 5.74) is 5.18. The number of nitrogens with one attached hydrogen (secondary N) is 1. The minimum absolute atomic E-state index is 0.183. The first-order valence-corrected chi connectivity index (χ1v) is 15.5. The second kappa shape index (κ2) is 14.0. The average molecular weight is 609 g/mol. The van der Waals surface area contributed by atoms with Crippen LogP contribution in [0.1, 0.15) is 30.9 Å². The van der Waals surface area contributed by atoms with Crippen LogP contribution in [0.3, 0.4) is 0 Å². The molecule has 1 N–H and O–H groups in total. The number of ether oxygens (including phenoxy) is 3. The fourth-order valence-corrected chi connectivity index (χ4v) is 6.05. The second-order valence-corrected chi connectivity index (χ2v) is 11.7. The normalized spacial score (nSPS) is 16.6. The Morgan fingerprint density at radius 3 is 2.47 bits per heavy atom. The van der Waals surface area contributed by atoms with Crippen molar-refractivity contribution in [1.82, 2.24) is 24.6 Å². The number of morpholine rings is 1. The van der Waals surface area contributed by atoms with Gasteiger partial charge in [0.15, 0.2) is 0 Å². The summed E-state index contributed by atoms with van der Waals surface area (Å²) >= 11 is 0. The molecule has 2 aliphatic heterocycles. The van der Waals surface area contributed by atoms with Crippen LogP contribution < -0.4 is 19.7 Å². The highest BCUT2D eigenvalue weighted by Crippen LogP contribution is 2.34. The van der Waals surface area contributed by atoms with E-state index >= 15 is 0 Å². The molecule has 2 saturated heterocycles. The molecule has 0 bridgehead atoms. The van der Waals surface area contributed by atoms with Gasteiger partial charge in [-0.2, -0.15) is 10.4 Å². The molecule has 0 radical (unpaired) electrons. The molecule has 234 valence electrons. The van der Waals surface area contributed by atoms with Crippen molar-refractivity contribution in [1.29, 1.82) is 5.26 Å². The maximum Gasteiger partial charge on any atom is 0.227 e. The monoisotopic (exact) mass is 608 g/mol. The number of methoxy groups -OCH3 is 1. The van der Waals surface area contributed by atoms with Crippen LogP contribution in [-0.2, 0) is 11.3 Å². The number of hydrogen-bond donors (Lipinski definition) is 1. The third kappa shape index (κ3) is 7.36. The van der Waals surface area contributed by atoms with E-state index in [1.807, 2.05) is 49.1 Å². The van der Waals surface area contributed by atoms with Gasteiger partial charge in [-0.15, -0.1) is 0 Å². The van der Waals surface area contributed by atoms with Crippen LogP contribution in [-0.4, -0.2) is 83.3 Å². The standard InChI is InChI=1S/C34H40N8O3/c1-24-19-38-42(22-24)23-25(2)45-32-16-26(4-5-27(32)18-35)28-20-36-34(37-21-28)39-31-7-6-30(17-33(31)43-3)40-10-8-29(9-11-40)41-12-14-44-15-13-41/h4-7,16-17,19-22,25,29H,8-15,23H2,1-3H3,(H,36,37,39)/t25-/m0/s1. The Morgan fingerprint density at radius 2 is 1.78 bits per heavy atom. The molecule has 45 heavy (non-hydrogen) atoms. The third-order valence-electron chi connectivity index (χ3n) is 8.45. The summed E-state index contributed by atoms with van der Waals surface area (Å²) in [7, 11) is 1.68. The van der Waals surface area contributed by atoms with Gasteiger partial charge < -0.3 is 24.4 Å². The third-order valence-corrected chi connectivity index (χ3v) is 8.45. The molecule has 1 atom stereocenters. The molecule has 2 aliphatic rings. The number of anilines is 3. The molecule has 11 heteroatoms. The van der Waals surface area contributed by atoms with E-state index in [1.54, 1.807) is 25.6 Å². The van der Waals surface area contributed by atoms with Crippen molar-refractivity contribution >= 4 is 17.3 Å². The number of piperidine rings is 1. The molecule has 2 aromatic carbocycles. The Labute approximate surface area is 264 Å². The average Bonchev–Trinajstić information content (AvgIpc) is 3.49. The maximum atomic E-state index is 9.66. The summed E-state index contributed by atoms with van der Waals surface area (Å²) in [6.07, 6.45) is 9.42. The fourth-order valence-electron chi connectivity index (χ4n) is 6.05. The van der Waals surface area contributed by atoms with Gasteiger partial charge in [-0.05, 0) is 62.1 Å². The van der Waals surface area contributed by atoms with E-state index in [1.165, 1.54) is 0 Å². The van der Waals surface area contributed by atoms with Crippen LogP contribution >= 0.6 is 0 Å². The van der Waals surface area contributed by atoms with Gasteiger partial charge in [-0.25, -0.2) is 9.97 Å². The van der Waals surface area contributed by atoms with Crippen LogP contribution in [0.5, 0.6) is 11.5 Å². The first-order chi connectivity index (χ1) is 22.0. The summed E-state index contributed by atoms with van der Waals surface area (Å²) in [4.78, 5) is 14.1. The topological polar surface area (TPSA) is 114 Å². The van der Waals surface area contributed by atoms with E-state index in [-0.39, 0.29) is 6.10 Å². The van der Waals surface area contributed by atoms with Crippen molar-refractivity contribution < 1.29 is 14.2 Å². The predicted octanol–water partition coefficient (Wildman–Crippen LogP) is 5.04. The highest BCUT2D eigenvalue weighted by molar-refractivity contribution is 5.70. The number of aryl methyl sites for hydroxylation is 1. The molecule has 2 fully saturated rings. The molecule has 2 aromatic heterocycles. The van der Waals surface area contributed by atoms with Gasteiger partial charge >= 0.3 is 0 Å². The van der Waals surface area contributed by atoms with Crippen molar-refractivity contribution in [3.8, 4) is 28.7 Å². The molecule has 0 saturated carbocycles. The Bertz CT molecular complexity index is 1620. The minimum atomic E-state index is -0.183. The van der Waals surface area contributed by atoms with Crippen molar-refractivity contribution in [3.05, 3.63) is 72.3 Å². The van der Waals surface area contributed by atoms with Gasteiger partial charge in [0.05, 0.1) is 44.3 Å². The summed E-state index contributed by atoms with van der Waals surface area (Å²) in [5.74, 6) is 1.72. The van der Waals surface area contributed by atoms with Gasteiger partial charge in [0.2, 0.25) is 5.95 Å². The van der Waals surface area contributed by atoms with E-state index in [0.717, 1.165) is 86.0 Å². The van der Waals surface area contributed by atoms with Gasteiger partial charge in [-0.3, -0.25) is 9.58 Å². The van der Waals surface area contributed by atoms with Crippen LogP contribution in [0.25, 0.3) is 11.1 Å². The van der Waals surface area contributed by atoms with Crippen molar-refractivity contribution in [2.24, 2.45) is 0 Å². The Kier molecular flexibility index (Phi) is 9.43. The molecule has 11 nitrogen and oxygen atoms in total. The number of aromatic nitrogens is 4. The Hall–Kier alpha value is -4.66. The molecular formula is C34H40N8O3. The van der Waals surface area contributed by atoms with Gasteiger partial charge in [-0.1, -0.05) is 6.07 Å². The smallest absolute Gasteiger partial charge is 0.227 e. The zero-order valence-corrected chi connectivity index (χ0v) is 26.1. The Morgan fingerprint density at radius 1 is 1.00 bits per heavy atom. The summed E-state index contributed by atoms with van der Waals surface area (Å²) < 4.78 is 19.3. The van der Waals surface area contributed by atoms with E-state index in [4.69, 9.17) is 14.2 Å². The first-order valence-electron chi connectivity index (χ1n) is 15.5. The number of nitrogens with zero attached hydrogens (tertiary/aromatic N) is 7. The van der Waals surface area contributed by atoms with Crippen molar-refractivity contribution in [2.75, 3.05) is 56.7 Å². The van der Waals surface area contributed by atoms with Gasteiger partial charge in [0, 0.05) is 68.1 Å². The van der Waals surface area contributed by atoms with Crippen molar-refractivity contribution in [3.63, 3.8) is 0 Å². The molecule has 4 aromatic rings. The largest absolute Gasteiger partial charge is 0.494 e. The second-order valence-electron chi connectivity index (χ2n) is 11.7. The SMILES string of the molecule is COc1cc(N2CCC(N3CCOCC3)CC2)ccc1Nc1ncc(-c2ccc(C#N)c(O[C@@H](C)Cn3cc(C)cn3)c2)cn1. The summed E-state index contributed by atoms with van der Waals surface area (Å²) in [6, 6.07) is 14.6. The molecule has 0 unspecified atom stereocenters. The van der Waals surface area contributed by atoms with E-state index in [2.05, 4.69) is 48.4 Å². The highest BCUT2D eigenvalue weighted by Gasteiger charge is 2.26. The first kappa shape index (κ1) is 30.4. The van der Waals surface area contributed by atoms with Crippen LogP contribution in [0.15, 0.2) is 61.2 Å². The van der Waals surface area contributed by atoms with Gasteiger partial charge in [0.25, 0.3) is 0 Å². The molecule has 0 amide bonds. The van der Waals surface area contributed by atoms with E-state index in [9.17, 15) is 5.26 Å². The zero-order chi connectivity index (χ0) is 31.2. The predicted molar refractivity (Wildman–Crippen MR) is 173 cm³/mol. The quantitative estimate of drug-likeness (QED) is 0.263. The fraction of sp³-hybridized carbons (Fsp3) is 0.412.